The number of hydrogen-bond acceptors (Lipinski definition) is 5. The minimum absolute atomic E-state index is 0.0979. The average Bonchev–Trinajstić information content (AvgIpc) is 2.58. The van der Waals surface area contributed by atoms with Gasteiger partial charge in [0.25, 0.3) is 0 Å². The van der Waals surface area contributed by atoms with Crippen molar-refractivity contribution in [3.8, 4) is 0 Å². The smallest absolute Gasteiger partial charge is 0.373 e. The Kier molecular flexibility index (Phi) is 4.25. The second-order valence-electron chi connectivity index (χ2n) is 4.52. The van der Waals surface area contributed by atoms with Crippen molar-refractivity contribution < 1.29 is 23.8 Å². The highest BCUT2D eigenvalue weighted by molar-refractivity contribution is 5.85. The van der Waals surface area contributed by atoms with Crippen LogP contribution < -0.4 is 0 Å². The summed E-state index contributed by atoms with van der Waals surface area (Å²) in [5.41, 5.74) is -0.0632. The number of oxazole rings is 1. The molecule has 96 valence electrons. The number of nitrogens with zero attached hydrogens (tertiary/aromatic N) is 1. The van der Waals surface area contributed by atoms with Crippen molar-refractivity contribution in [2.75, 3.05) is 7.11 Å². The molecule has 0 radical (unpaired) electrons. The van der Waals surface area contributed by atoms with Gasteiger partial charge in [-0.3, -0.25) is 0 Å². The lowest BCUT2D eigenvalue weighted by Crippen LogP contribution is -2.18. The van der Waals surface area contributed by atoms with Crippen LogP contribution in [-0.4, -0.2) is 28.8 Å². The molecule has 0 aromatic carbocycles. The van der Waals surface area contributed by atoms with Crippen molar-refractivity contribution in [2.24, 2.45) is 0 Å². The first-order valence-electron chi connectivity index (χ1n) is 5.18. The molecule has 0 bridgehead atoms. The highest BCUT2D eigenvalue weighted by Crippen LogP contribution is 2.16. The third-order valence-electron chi connectivity index (χ3n) is 1.85. The Bertz CT molecular complexity index is 391. The molecule has 0 saturated heterocycles. The first kappa shape index (κ1) is 13.7. The third kappa shape index (κ3) is 4.16. The maximum atomic E-state index is 10.9. The molecule has 0 saturated carbocycles. The lowest BCUT2D eigenvalue weighted by Gasteiger charge is -2.17. The fraction of sp³-hybridized carbons (Fsp3) is 0.636. The van der Waals surface area contributed by atoms with Gasteiger partial charge in [0.15, 0.2) is 0 Å². The Labute approximate surface area is 99.5 Å². The first-order valence-corrected chi connectivity index (χ1v) is 5.18. The highest BCUT2D eigenvalue weighted by Gasteiger charge is 2.20. The lowest BCUT2D eigenvalue weighted by molar-refractivity contribution is -0.0246. The van der Waals surface area contributed by atoms with Crippen molar-refractivity contribution in [2.45, 2.75) is 39.6 Å². The normalized spacial score (nSPS) is 11.8. The molecular weight excluding hydrogens is 226 g/mol. The van der Waals surface area contributed by atoms with Gasteiger partial charge in [-0.25, -0.2) is 9.78 Å². The summed E-state index contributed by atoms with van der Waals surface area (Å²) in [6.07, 6.45) is 0. The van der Waals surface area contributed by atoms with Crippen molar-refractivity contribution in [1.29, 1.82) is 0 Å². The third-order valence-corrected chi connectivity index (χ3v) is 1.85. The van der Waals surface area contributed by atoms with E-state index < -0.39 is 5.97 Å². The van der Waals surface area contributed by atoms with Gasteiger partial charge >= 0.3 is 5.97 Å². The van der Waals surface area contributed by atoms with E-state index in [0.29, 0.717) is 0 Å². The molecule has 1 heterocycles. The van der Waals surface area contributed by atoms with Crippen LogP contribution >= 0.6 is 0 Å². The van der Waals surface area contributed by atoms with Crippen molar-refractivity contribution in [1.82, 2.24) is 4.98 Å². The van der Waals surface area contributed by atoms with E-state index >= 15 is 0 Å². The number of rotatable bonds is 5. The Hall–Kier alpha value is -1.40. The Morgan fingerprint density at radius 1 is 1.41 bits per heavy atom. The van der Waals surface area contributed by atoms with Crippen LogP contribution in [0.15, 0.2) is 4.42 Å². The summed E-state index contributed by atoms with van der Waals surface area (Å²) in [7, 11) is 1.46. The molecule has 0 aliphatic carbocycles. The van der Waals surface area contributed by atoms with Crippen LogP contribution in [0.3, 0.4) is 0 Å². The second kappa shape index (κ2) is 5.29. The summed E-state index contributed by atoms with van der Waals surface area (Å²) in [5, 5.41) is 8.90. The fourth-order valence-corrected chi connectivity index (χ4v) is 1.14. The van der Waals surface area contributed by atoms with Crippen molar-refractivity contribution in [3.63, 3.8) is 0 Å². The summed E-state index contributed by atoms with van der Waals surface area (Å²) in [6, 6.07) is 0. The van der Waals surface area contributed by atoms with Gasteiger partial charge in [0.05, 0.1) is 12.2 Å². The lowest BCUT2D eigenvalue weighted by atomic mass is 10.2. The van der Waals surface area contributed by atoms with Crippen LogP contribution in [-0.2, 0) is 22.7 Å². The number of aromatic carboxylic acids is 1. The van der Waals surface area contributed by atoms with Gasteiger partial charge in [-0.15, -0.1) is 0 Å². The van der Waals surface area contributed by atoms with Gasteiger partial charge in [-0.1, -0.05) is 0 Å². The number of carboxylic acids is 1. The summed E-state index contributed by atoms with van der Waals surface area (Å²) >= 11 is 0. The number of aromatic nitrogens is 1. The van der Waals surface area contributed by atoms with Crippen molar-refractivity contribution >= 4 is 5.97 Å². The van der Waals surface area contributed by atoms with Gasteiger partial charge in [-0.05, 0) is 20.8 Å². The molecule has 1 aromatic heterocycles. The zero-order valence-corrected chi connectivity index (χ0v) is 10.4. The monoisotopic (exact) mass is 243 g/mol. The molecular formula is C11H17NO5. The molecule has 6 nitrogen and oxygen atoms in total. The zero-order chi connectivity index (χ0) is 13.1. The molecule has 1 N–H and O–H groups in total. The number of carboxylic acid groups (broad SMARTS) is 1. The molecule has 1 aromatic rings. The van der Waals surface area contributed by atoms with Crippen LogP contribution in [0.25, 0.3) is 0 Å². The van der Waals surface area contributed by atoms with E-state index in [1.807, 2.05) is 20.8 Å². The average molecular weight is 243 g/mol. The van der Waals surface area contributed by atoms with Gasteiger partial charge in [0, 0.05) is 7.11 Å². The largest absolute Gasteiger partial charge is 0.475 e. The van der Waals surface area contributed by atoms with E-state index in [1.54, 1.807) is 0 Å². The number of hydrogen-bond donors (Lipinski definition) is 1. The minimum Gasteiger partial charge on any atom is -0.475 e. The van der Waals surface area contributed by atoms with Gasteiger partial charge in [0.2, 0.25) is 11.7 Å². The second-order valence-corrected chi connectivity index (χ2v) is 4.52. The highest BCUT2D eigenvalue weighted by atomic mass is 16.5. The van der Waals surface area contributed by atoms with Gasteiger partial charge < -0.3 is 19.0 Å². The Morgan fingerprint density at radius 2 is 2.06 bits per heavy atom. The van der Waals surface area contributed by atoms with E-state index in [9.17, 15) is 4.79 Å². The summed E-state index contributed by atoms with van der Waals surface area (Å²) < 4.78 is 15.4. The summed E-state index contributed by atoms with van der Waals surface area (Å²) in [5.74, 6) is -1.12. The van der Waals surface area contributed by atoms with E-state index in [0.717, 1.165) is 0 Å². The maximum absolute atomic E-state index is 10.9. The zero-order valence-electron chi connectivity index (χ0n) is 10.4. The summed E-state index contributed by atoms with van der Waals surface area (Å²) in [6.45, 7) is 5.91. The van der Waals surface area contributed by atoms with Crippen LogP contribution in [0.4, 0.5) is 0 Å². The molecule has 0 fully saturated rings. The molecule has 0 aliphatic rings. The van der Waals surface area contributed by atoms with Crippen LogP contribution in [0, 0.1) is 0 Å². The molecule has 0 unspecified atom stereocenters. The van der Waals surface area contributed by atoms with E-state index in [-0.39, 0.29) is 36.2 Å². The fourth-order valence-electron chi connectivity index (χ4n) is 1.14. The summed E-state index contributed by atoms with van der Waals surface area (Å²) in [4.78, 5) is 14.9. The number of carbonyl (C=O) groups is 1. The Balaban J connectivity index is 2.81. The van der Waals surface area contributed by atoms with Gasteiger partial charge in [-0.2, -0.15) is 0 Å². The number of ether oxygens (including phenoxy) is 2. The quantitative estimate of drug-likeness (QED) is 0.849. The van der Waals surface area contributed by atoms with Gasteiger partial charge in [0.1, 0.15) is 12.3 Å². The van der Waals surface area contributed by atoms with Crippen LogP contribution in [0.2, 0.25) is 0 Å². The molecule has 1 rings (SSSR count). The molecule has 0 amide bonds. The first-order chi connectivity index (χ1) is 7.83. The minimum atomic E-state index is -1.16. The van der Waals surface area contributed by atoms with E-state index in [1.165, 1.54) is 7.11 Å². The topological polar surface area (TPSA) is 81.8 Å². The van der Waals surface area contributed by atoms with E-state index in [2.05, 4.69) is 4.98 Å². The van der Waals surface area contributed by atoms with Crippen LogP contribution in [0.1, 0.15) is 42.9 Å². The predicted molar refractivity (Wildman–Crippen MR) is 58.7 cm³/mol. The van der Waals surface area contributed by atoms with E-state index in [4.69, 9.17) is 19.0 Å². The standard InChI is InChI=1S/C11H17NO5/c1-11(2,3)16-6-8-12-7(5-15-4)9(17-8)10(13)14/h5-6H2,1-4H3,(H,13,14). The SMILES string of the molecule is COCc1nc(COC(C)(C)C)oc1C(=O)O. The Morgan fingerprint density at radius 3 is 2.53 bits per heavy atom. The predicted octanol–water partition coefficient (Wildman–Crippen LogP) is 1.83. The van der Waals surface area contributed by atoms with Crippen LogP contribution in [0.5, 0.6) is 0 Å². The molecule has 6 heteroatoms. The number of methoxy groups -OCH3 is 1. The molecule has 17 heavy (non-hydrogen) atoms. The maximum Gasteiger partial charge on any atom is 0.373 e. The molecule has 0 atom stereocenters. The van der Waals surface area contributed by atoms with Crippen molar-refractivity contribution in [3.05, 3.63) is 17.3 Å². The molecule has 0 spiro atoms. The molecule has 0 aliphatic heterocycles.